The molecule has 6 nitrogen and oxygen atoms in total. The molecule has 10 rings (SSSR count). The third kappa shape index (κ3) is 6.37. The third-order valence-corrected chi connectivity index (χ3v) is 12.1. The highest BCUT2D eigenvalue weighted by atomic mass is 16.5. The second-order valence-corrected chi connectivity index (χ2v) is 19.5. The van der Waals surface area contributed by atoms with Gasteiger partial charge < -0.3 is 19.0 Å². The van der Waals surface area contributed by atoms with E-state index in [1.165, 1.54) is 39.1 Å². The summed E-state index contributed by atoms with van der Waals surface area (Å²) in [6, 6.07) is 47.6. The quantitative estimate of drug-likeness (QED) is 0.174. The van der Waals surface area contributed by atoms with Crippen LogP contribution in [0.3, 0.4) is 0 Å². The summed E-state index contributed by atoms with van der Waals surface area (Å²) in [5.74, 6) is 2.34. The number of fused-ring (bicyclic) bond motifs is 8. The standard InChI is InChI=1S/C54H52N4O2/c1-52(2,3)35-25-26-55-48(30-35)58-46-32-41(22-23-43(46)51-50(58)49-42-18-11-10-15-34(42)21-24-47(49)60-51)59-40-17-14-16-38(31-40)56-33-57(45-20-13-12-19-44(45)56)39-28-36(53(4,5)6)27-37(29-39)54(7,8)9/h10-32H,33H2,1-9H3. The predicted octanol–water partition coefficient (Wildman–Crippen LogP) is 15.0. The normalized spacial score (nSPS) is 13.6. The Morgan fingerprint density at radius 1 is 0.550 bits per heavy atom. The molecule has 1 aliphatic rings. The summed E-state index contributed by atoms with van der Waals surface area (Å²) in [4.78, 5) is 9.81. The van der Waals surface area contributed by atoms with Crippen molar-refractivity contribution in [3.05, 3.63) is 156 Å². The van der Waals surface area contributed by atoms with Gasteiger partial charge in [-0.05, 0) is 110 Å². The molecule has 0 bridgehead atoms. The SMILES string of the molecule is CC(C)(C)c1cc(N2CN(c3cccc(Oc4ccc5c6oc7ccc8ccccc8c7c6n(-c6cc(C(C)(C)C)ccn6)c5c4)c3)c3ccccc32)cc(C(C)(C)C)c1. The lowest BCUT2D eigenvalue weighted by Gasteiger charge is -2.29. The van der Waals surface area contributed by atoms with Crippen molar-refractivity contribution in [1.82, 2.24) is 9.55 Å². The summed E-state index contributed by atoms with van der Waals surface area (Å²) >= 11 is 0. The van der Waals surface area contributed by atoms with E-state index in [0.717, 1.165) is 61.4 Å². The Balaban J connectivity index is 1.06. The summed E-state index contributed by atoms with van der Waals surface area (Å²) in [5.41, 5.74) is 12.2. The number of furan rings is 1. The van der Waals surface area contributed by atoms with Crippen molar-refractivity contribution in [1.29, 1.82) is 0 Å². The topological polar surface area (TPSA) is 46.7 Å². The van der Waals surface area contributed by atoms with Crippen LogP contribution in [0, 0.1) is 0 Å². The maximum Gasteiger partial charge on any atom is 0.161 e. The van der Waals surface area contributed by atoms with E-state index >= 15 is 0 Å². The molecule has 4 heterocycles. The monoisotopic (exact) mass is 788 g/mol. The van der Waals surface area contributed by atoms with Gasteiger partial charge in [-0.1, -0.05) is 117 Å². The molecule has 0 saturated heterocycles. The molecule has 300 valence electrons. The highest BCUT2D eigenvalue weighted by Gasteiger charge is 2.31. The van der Waals surface area contributed by atoms with Crippen molar-refractivity contribution >= 4 is 66.5 Å². The molecule has 0 atom stereocenters. The van der Waals surface area contributed by atoms with Gasteiger partial charge >= 0.3 is 0 Å². The highest BCUT2D eigenvalue weighted by molar-refractivity contribution is 6.24. The number of aromatic nitrogens is 2. The minimum absolute atomic E-state index is 0.0181. The molecule has 0 saturated carbocycles. The number of ether oxygens (including phenoxy) is 1. The van der Waals surface area contributed by atoms with Gasteiger partial charge in [0.15, 0.2) is 5.58 Å². The summed E-state index contributed by atoms with van der Waals surface area (Å²) in [6.07, 6.45) is 1.92. The van der Waals surface area contributed by atoms with E-state index in [9.17, 15) is 0 Å². The average Bonchev–Trinajstić information content (AvgIpc) is 3.89. The Morgan fingerprint density at radius 2 is 1.22 bits per heavy atom. The van der Waals surface area contributed by atoms with Crippen LogP contribution in [0.5, 0.6) is 11.5 Å². The second-order valence-electron chi connectivity index (χ2n) is 19.5. The molecule has 0 fully saturated rings. The lowest BCUT2D eigenvalue weighted by Crippen LogP contribution is -2.25. The van der Waals surface area contributed by atoms with Crippen molar-refractivity contribution in [2.75, 3.05) is 16.5 Å². The second kappa shape index (κ2) is 13.5. The van der Waals surface area contributed by atoms with Crippen LogP contribution in [0.15, 0.2) is 144 Å². The Bertz CT molecular complexity index is 3100. The Kier molecular flexibility index (Phi) is 8.49. The number of nitrogens with zero attached hydrogens (tertiary/aromatic N) is 4. The van der Waals surface area contributed by atoms with E-state index in [2.05, 4.69) is 198 Å². The average molecular weight is 789 g/mol. The van der Waals surface area contributed by atoms with Crippen LogP contribution in [0.2, 0.25) is 0 Å². The summed E-state index contributed by atoms with van der Waals surface area (Å²) in [6.45, 7) is 21.2. The number of para-hydroxylation sites is 2. The van der Waals surface area contributed by atoms with Gasteiger partial charge in [0.1, 0.15) is 35.1 Å². The Labute approximate surface area is 352 Å². The predicted molar refractivity (Wildman–Crippen MR) is 250 cm³/mol. The van der Waals surface area contributed by atoms with Gasteiger partial charge in [0.25, 0.3) is 0 Å². The van der Waals surface area contributed by atoms with Crippen LogP contribution >= 0.6 is 0 Å². The zero-order valence-electron chi connectivity index (χ0n) is 36.1. The minimum Gasteiger partial charge on any atom is -0.457 e. The zero-order chi connectivity index (χ0) is 41.7. The molecule has 3 aromatic heterocycles. The number of rotatable bonds is 5. The van der Waals surface area contributed by atoms with Crippen LogP contribution in [0.25, 0.3) is 49.6 Å². The van der Waals surface area contributed by atoms with Gasteiger partial charge in [0, 0.05) is 35.1 Å². The molecule has 0 aliphatic carbocycles. The van der Waals surface area contributed by atoms with E-state index in [1.54, 1.807) is 0 Å². The number of anilines is 4. The van der Waals surface area contributed by atoms with Crippen LogP contribution < -0.4 is 14.5 Å². The number of hydrogen-bond acceptors (Lipinski definition) is 5. The van der Waals surface area contributed by atoms with Crippen LogP contribution in [-0.4, -0.2) is 16.2 Å². The third-order valence-electron chi connectivity index (χ3n) is 12.1. The smallest absolute Gasteiger partial charge is 0.161 e. The molecule has 60 heavy (non-hydrogen) atoms. The lowest BCUT2D eigenvalue weighted by atomic mass is 9.80. The first-order chi connectivity index (χ1) is 28.6. The molecule has 0 N–H and O–H groups in total. The van der Waals surface area contributed by atoms with E-state index < -0.39 is 0 Å². The van der Waals surface area contributed by atoms with E-state index in [1.807, 2.05) is 18.3 Å². The summed E-state index contributed by atoms with van der Waals surface area (Å²) in [7, 11) is 0. The van der Waals surface area contributed by atoms with Crippen LogP contribution in [0.4, 0.5) is 22.7 Å². The molecule has 9 aromatic rings. The van der Waals surface area contributed by atoms with Crippen LogP contribution in [-0.2, 0) is 16.2 Å². The molecule has 6 aromatic carbocycles. The van der Waals surface area contributed by atoms with Crippen molar-refractivity contribution in [3.63, 3.8) is 0 Å². The first-order valence-electron chi connectivity index (χ1n) is 21.1. The van der Waals surface area contributed by atoms with Gasteiger partial charge in [-0.2, -0.15) is 0 Å². The molecular weight excluding hydrogens is 737 g/mol. The number of hydrogen-bond donors (Lipinski definition) is 0. The first-order valence-corrected chi connectivity index (χ1v) is 21.1. The molecule has 6 heteroatoms. The summed E-state index contributed by atoms with van der Waals surface area (Å²) in [5, 5.41) is 4.41. The molecule has 0 unspecified atom stereocenters. The fourth-order valence-corrected chi connectivity index (χ4v) is 8.71. The maximum atomic E-state index is 6.79. The molecular formula is C54H52N4O2. The van der Waals surface area contributed by atoms with Gasteiger partial charge in [0.05, 0.1) is 22.3 Å². The van der Waals surface area contributed by atoms with Gasteiger partial charge in [-0.25, -0.2) is 4.98 Å². The fraction of sp³-hybridized carbons (Fsp3) is 0.241. The fourth-order valence-electron chi connectivity index (χ4n) is 8.71. The minimum atomic E-state index is -0.0527. The molecule has 0 amide bonds. The van der Waals surface area contributed by atoms with Crippen molar-refractivity contribution in [3.8, 4) is 17.3 Å². The zero-order valence-corrected chi connectivity index (χ0v) is 36.1. The van der Waals surface area contributed by atoms with E-state index in [4.69, 9.17) is 14.1 Å². The highest BCUT2D eigenvalue weighted by Crippen LogP contribution is 2.47. The Morgan fingerprint density at radius 3 is 1.93 bits per heavy atom. The van der Waals surface area contributed by atoms with E-state index in [0.29, 0.717) is 6.67 Å². The largest absolute Gasteiger partial charge is 0.457 e. The van der Waals surface area contributed by atoms with E-state index in [-0.39, 0.29) is 16.2 Å². The van der Waals surface area contributed by atoms with Crippen molar-refractivity contribution in [2.24, 2.45) is 0 Å². The maximum absolute atomic E-state index is 6.79. The Hall–Kier alpha value is -6.53. The first kappa shape index (κ1) is 37.7. The van der Waals surface area contributed by atoms with Gasteiger partial charge in [0.2, 0.25) is 0 Å². The number of pyridine rings is 1. The summed E-state index contributed by atoms with van der Waals surface area (Å²) < 4.78 is 15.8. The van der Waals surface area contributed by atoms with Crippen molar-refractivity contribution < 1.29 is 9.15 Å². The van der Waals surface area contributed by atoms with Crippen molar-refractivity contribution in [2.45, 2.75) is 78.6 Å². The lowest BCUT2D eigenvalue weighted by molar-refractivity contribution is 0.483. The molecule has 0 radical (unpaired) electrons. The molecule has 0 spiro atoms. The van der Waals surface area contributed by atoms with Gasteiger partial charge in [-0.15, -0.1) is 0 Å². The van der Waals surface area contributed by atoms with Gasteiger partial charge in [-0.3, -0.25) is 4.57 Å². The number of benzene rings is 6. The molecule has 1 aliphatic heterocycles. The van der Waals surface area contributed by atoms with Crippen LogP contribution in [0.1, 0.15) is 79.0 Å².